The second kappa shape index (κ2) is 9.82. The molecule has 1 saturated heterocycles. The summed E-state index contributed by atoms with van der Waals surface area (Å²) in [4.78, 5) is 15.8. The van der Waals surface area contributed by atoms with Crippen molar-refractivity contribution >= 4 is 22.8 Å². The highest BCUT2D eigenvalue weighted by Crippen LogP contribution is 2.30. The summed E-state index contributed by atoms with van der Waals surface area (Å²) in [7, 11) is 0. The number of ether oxygens (including phenoxy) is 1. The average Bonchev–Trinajstić information content (AvgIpc) is 3.23. The Morgan fingerprint density at radius 2 is 1.71 bits per heavy atom. The Morgan fingerprint density at radius 3 is 2.44 bits per heavy atom. The van der Waals surface area contributed by atoms with Gasteiger partial charge in [0, 0.05) is 25.7 Å². The normalized spacial score (nSPS) is 22.0. The molecule has 182 valence electrons. The van der Waals surface area contributed by atoms with Gasteiger partial charge in [-0.05, 0) is 44.7 Å². The van der Waals surface area contributed by atoms with Crippen LogP contribution in [0.15, 0.2) is 30.3 Å². The molecule has 0 radical (unpaired) electrons. The fraction of sp³-hybridized carbons (Fsp3) is 0.560. The second-order valence-electron chi connectivity index (χ2n) is 9.55. The van der Waals surface area contributed by atoms with Crippen LogP contribution in [-0.2, 0) is 4.74 Å². The Labute approximate surface area is 198 Å². The SMILES string of the molecule is CC1CN(c2cc(-n3c(C(F)F)nc4ccccc43)nc(NCC3CCCCC3)n2)CC(C)O1. The molecule has 34 heavy (non-hydrogen) atoms. The van der Waals surface area contributed by atoms with Gasteiger partial charge in [0.05, 0.1) is 23.2 Å². The Hall–Kier alpha value is -2.81. The zero-order valence-corrected chi connectivity index (χ0v) is 19.8. The maximum absolute atomic E-state index is 14.0. The van der Waals surface area contributed by atoms with Gasteiger partial charge in [0.1, 0.15) is 11.6 Å². The predicted octanol–water partition coefficient (Wildman–Crippen LogP) is 5.36. The fourth-order valence-electron chi connectivity index (χ4n) is 5.20. The molecule has 1 aliphatic heterocycles. The van der Waals surface area contributed by atoms with Crippen molar-refractivity contribution in [2.45, 2.75) is 64.6 Å². The van der Waals surface area contributed by atoms with Gasteiger partial charge < -0.3 is 15.0 Å². The van der Waals surface area contributed by atoms with E-state index in [1.165, 1.54) is 36.7 Å². The molecule has 2 fully saturated rings. The molecular weight excluding hydrogens is 438 g/mol. The van der Waals surface area contributed by atoms with Gasteiger partial charge in [-0.3, -0.25) is 4.57 Å². The van der Waals surface area contributed by atoms with Gasteiger partial charge in [-0.15, -0.1) is 0 Å². The number of aromatic nitrogens is 4. The number of fused-ring (bicyclic) bond motifs is 1. The Morgan fingerprint density at radius 1 is 1.00 bits per heavy atom. The minimum atomic E-state index is -2.73. The fourth-order valence-corrected chi connectivity index (χ4v) is 5.20. The minimum Gasteiger partial charge on any atom is -0.372 e. The number of benzene rings is 1. The molecule has 5 rings (SSSR count). The lowest BCUT2D eigenvalue weighted by Crippen LogP contribution is -2.46. The first-order valence-corrected chi connectivity index (χ1v) is 12.3. The van der Waals surface area contributed by atoms with E-state index >= 15 is 0 Å². The highest BCUT2D eigenvalue weighted by Gasteiger charge is 2.26. The van der Waals surface area contributed by atoms with Crippen molar-refractivity contribution in [1.29, 1.82) is 0 Å². The first-order chi connectivity index (χ1) is 16.5. The smallest absolute Gasteiger partial charge is 0.296 e. The highest BCUT2D eigenvalue weighted by atomic mass is 19.3. The van der Waals surface area contributed by atoms with Crippen molar-refractivity contribution in [2.75, 3.05) is 29.9 Å². The van der Waals surface area contributed by atoms with Crippen LogP contribution in [0, 0.1) is 5.92 Å². The Kier molecular flexibility index (Phi) is 6.63. The van der Waals surface area contributed by atoms with E-state index in [9.17, 15) is 8.78 Å². The molecule has 9 heteroatoms. The molecule has 1 saturated carbocycles. The summed E-state index contributed by atoms with van der Waals surface area (Å²) in [6.45, 7) is 6.20. The third kappa shape index (κ3) is 4.85. The van der Waals surface area contributed by atoms with Crippen molar-refractivity contribution in [3.8, 4) is 5.82 Å². The second-order valence-corrected chi connectivity index (χ2v) is 9.55. The summed E-state index contributed by atoms with van der Waals surface area (Å²) in [5, 5.41) is 3.41. The van der Waals surface area contributed by atoms with Crippen molar-refractivity contribution in [3.63, 3.8) is 0 Å². The summed E-state index contributed by atoms with van der Waals surface area (Å²) in [6.07, 6.45) is 3.55. The number of nitrogens with zero attached hydrogens (tertiary/aromatic N) is 5. The van der Waals surface area contributed by atoms with E-state index in [1.807, 2.05) is 19.9 Å². The zero-order valence-electron chi connectivity index (χ0n) is 19.8. The molecule has 7 nitrogen and oxygen atoms in total. The lowest BCUT2D eigenvalue weighted by Gasteiger charge is -2.36. The molecule has 2 aliphatic rings. The van der Waals surface area contributed by atoms with Gasteiger partial charge in [-0.1, -0.05) is 31.4 Å². The predicted molar refractivity (Wildman–Crippen MR) is 129 cm³/mol. The lowest BCUT2D eigenvalue weighted by atomic mass is 9.89. The van der Waals surface area contributed by atoms with Crippen molar-refractivity contribution in [1.82, 2.24) is 19.5 Å². The van der Waals surface area contributed by atoms with E-state index < -0.39 is 6.43 Å². The van der Waals surface area contributed by atoms with Crippen LogP contribution in [0.3, 0.4) is 0 Å². The first kappa shape index (κ1) is 23.0. The molecule has 2 aromatic heterocycles. The van der Waals surface area contributed by atoms with Gasteiger partial charge in [-0.2, -0.15) is 9.97 Å². The Bertz CT molecular complexity index is 1120. The van der Waals surface area contributed by atoms with Crippen LogP contribution in [0.25, 0.3) is 16.9 Å². The van der Waals surface area contributed by atoms with E-state index in [-0.39, 0.29) is 18.0 Å². The minimum absolute atomic E-state index is 0.0477. The van der Waals surface area contributed by atoms with Crippen LogP contribution >= 0.6 is 0 Å². The van der Waals surface area contributed by atoms with Crippen molar-refractivity contribution < 1.29 is 13.5 Å². The van der Waals surface area contributed by atoms with Gasteiger partial charge in [0.15, 0.2) is 5.82 Å². The number of rotatable bonds is 6. The van der Waals surface area contributed by atoms with E-state index in [4.69, 9.17) is 14.7 Å². The zero-order chi connectivity index (χ0) is 23.7. The lowest BCUT2D eigenvalue weighted by molar-refractivity contribution is -0.00546. The molecule has 2 atom stereocenters. The Balaban J connectivity index is 1.56. The van der Waals surface area contributed by atoms with Gasteiger partial charge in [-0.25, -0.2) is 13.8 Å². The van der Waals surface area contributed by atoms with Crippen LogP contribution in [0.2, 0.25) is 0 Å². The number of hydrogen-bond donors (Lipinski definition) is 1. The van der Waals surface area contributed by atoms with Crippen molar-refractivity contribution in [2.24, 2.45) is 5.92 Å². The van der Waals surface area contributed by atoms with Gasteiger partial charge in [0.2, 0.25) is 5.95 Å². The number of para-hydroxylation sites is 2. The number of hydrogen-bond acceptors (Lipinski definition) is 6. The number of nitrogens with one attached hydrogen (secondary N) is 1. The molecule has 2 unspecified atom stereocenters. The molecule has 3 heterocycles. The first-order valence-electron chi connectivity index (χ1n) is 12.3. The van der Waals surface area contributed by atoms with Gasteiger partial charge >= 0.3 is 0 Å². The molecular formula is C25H32F2N6O. The average molecular weight is 471 g/mol. The summed E-state index contributed by atoms with van der Waals surface area (Å²) in [6, 6.07) is 8.95. The number of imidazole rings is 1. The molecule has 1 N–H and O–H groups in total. The van der Waals surface area contributed by atoms with Gasteiger partial charge in [0.25, 0.3) is 6.43 Å². The third-order valence-corrected chi connectivity index (χ3v) is 6.73. The molecule has 1 aliphatic carbocycles. The van der Waals surface area contributed by atoms with E-state index in [1.54, 1.807) is 24.3 Å². The topological polar surface area (TPSA) is 68.1 Å². The summed E-state index contributed by atoms with van der Waals surface area (Å²) in [5.41, 5.74) is 1.12. The number of morpholine rings is 1. The van der Waals surface area contributed by atoms with E-state index in [2.05, 4.69) is 15.2 Å². The quantitative estimate of drug-likeness (QED) is 0.523. The summed E-state index contributed by atoms with van der Waals surface area (Å²) >= 11 is 0. The standard InChI is InChI=1S/C25H32F2N6O/c1-16-14-32(15-17(2)34-16)21-12-22(31-25(30-21)28-13-18-8-4-3-5-9-18)33-20-11-7-6-10-19(20)29-24(33)23(26)27/h6-7,10-12,16-18,23H,3-5,8-9,13-15H2,1-2H3,(H,28,30,31). The monoisotopic (exact) mass is 470 g/mol. The largest absolute Gasteiger partial charge is 0.372 e. The molecule has 0 spiro atoms. The van der Waals surface area contributed by atoms with Crippen molar-refractivity contribution in [3.05, 3.63) is 36.2 Å². The third-order valence-electron chi connectivity index (χ3n) is 6.73. The summed E-state index contributed by atoms with van der Waals surface area (Å²) < 4.78 is 35.4. The van der Waals surface area contributed by atoms with E-state index in [0.717, 1.165) is 6.54 Å². The maximum Gasteiger partial charge on any atom is 0.296 e. The molecule has 1 aromatic carbocycles. The molecule has 0 amide bonds. The molecule has 3 aromatic rings. The van der Waals surface area contributed by atoms with Crippen LogP contribution < -0.4 is 10.2 Å². The van der Waals surface area contributed by atoms with E-state index in [0.29, 0.717) is 47.6 Å². The summed E-state index contributed by atoms with van der Waals surface area (Å²) in [5.74, 6) is 1.83. The number of halogens is 2. The van der Waals surface area contributed by atoms with Crippen LogP contribution in [0.5, 0.6) is 0 Å². The maximum atomic E-state index is 14.0. The number of anilines is 2. The van der Waals surface area contributed by atoms with Crippen LogP contribution in [0.1, 0.15) is 58.2 Å². The number of alkyl halides is 2. The highest BCUT2D eigenvalue weighted by molar-refractivity contribution is 5.78. The molecule has 0 bridgehead atoms. The van der Waals surface area contributed by atoms with Crippen LogP contribution in [-0.4, -0.2) is 51.4 Å². The van der Waals surface area contributed by atoms with Crippen LogP contribution in [0.4, 0.5) is 20.5 Å².